The molecule has 0 radical (unpaired) electrons. The lowest BCUT2D eigenvalue weighted by Gasteiger charge is -2.33. The van der Waals surface area contributed by atoms with Gasteiger partial charge in [0.1, 0.15) is 6.04 Å². The maximum absolute atomic E-state index is 11.6. The van der Waals surface area contributed by atoms with Crippen LogP contribution in [0.5, 0.6) is 0 Å². The van der Waals surface area contributed by atoms with E-state index in [1.54, 1.807) is 0 Å². The first-order chi connectivity index (χ1) is 5.80. The van der Waals surface area contributed by atoms with Gasteiger partial charge in [0, 0.05) is 0 Å². The van der Waals surface area contributed by atoms with Crippen LogP contribution in [0.2, 0.25) is 0 Å². The molecule has 0 rings (SSSR count). The fourth-order valence-corrected chi connectivity index (χ4v) is 1.56. The molecular weight excluding hydrogens is 166 g/mol. The standard InChI is InChI=1S/C10H21NO2/c1-7-13-9(12)8(11(5)6)10(2,3)4/h8H,7H2,1-6H3. The molecular formula is C10H21NO2. The van der Waals surface area contributed by atoms with Crippen molar-refractivity contribution in [3.63, 3.8) is 0 Å². The molecule has 78 valence electrons. The van der Waals surface area contributed by atoms with Gasteiger partial charge in [0.05, 0.1) is 6.61 Å². The maximum Gasteiger partial charge on any atom is 0.323 e. The van der Waals surface area contributed by atoms with E-state index in [1.165, 1.54) is 0 Å². The van der Waals surface area contributed by atoms with Crippen LogP contribution in [0.1, 0.15) is 27.7 Å². The summed E-state index contributed by atoms with van der Waals surface area (Å²) in [7, 11) is 3.79. The van der Waals surface area contributed by atoms with Gasteiger partial charge in [0.15, 0.2) is 0 Å². The van der Waals surface area contributed by atoms with Crippen LogP contribution in [0.25, 0.3) is 0 Å². The average Bonchev–Trinajstić information content (AvgIpc) is 1.82. The van der Waals surface area contributed by atoms with E-state index in [1.807, 2.05) is 46.7 Å². The molecule has 0 saturated carbocycles. The van der Waals surface area contributed by atoms with Gasteiger partial charge >= 0.3 is 5.97 Å². The largest absolute Gasteiger partial charge is 0.465 e. The molecule has 0 amide bonds. The van der Waals surface area contributed by atoms with E-state index in [0.29, 0.717) is 6.61 Å². The Bertz CT molecular complexity index is 170. The van der Waals surface area contributed by atoms with E-state index in [9.17, 15) is 4.79 Å². The zero-order valence-electron chi connectivity index (χ0n) is 9.55. The van der Waals surface area contributed by atoms with Gasteiger partial charge < -0.3 is 4.74 Å². The van der Waals surface area contributed by atoms with Gasteiger partial charge in [0.25, 0.3) is 0 Å². The Kier molecular flexibility index (Phi) is 4.40. The molecule has 0 saturated heterocycles. The number of hydrogen-bond donors (Lipinski definition) is 0. The van der Waals surface area contributed by atoms with Crippen LogP contribution in [-0.4, -0.2) is 37.6 Å². The highest BCUT2D eigenvalue weighted by atomic mass is 16.5. The molecule has 1 unspecified atom stereocenters. The summed E-state index contributed by atoms with van der Waals surface area (Å²) < 4.78 is 5.01. The summed E-state index contributed by atoms with van der Waals surface area (Å²) in [5.41, 5.74) is -0.0875. The molecule has 0 heterocycles. The highest BCUT2D eigenvalue weighted by molar-refractivity contribution is 5.76. The molecule has 0 aliphatic carbocycles. The van der Waals surface area contributed by atoms with Crippen molar-refractivity contribution in [2.24, 2.45) is 5.41 Å². The predicted octanol–water partition coefficient (Wildman–Crippen LogP) is 1.53. The van der Waals surface area contributed by atoms with E-state index >= 15 is 0 Å². The van der Waals surface area contributed by atoms with Gasteiger partial charge in [-0.25, -0.2) is 0 Å². The van der Waals surface area contributed by atoms with Gasteiger partial charge in [-0.1, -0.05) is 20.8 Å². The molecule has 13 heavy (non-hydrogen) atoms. The minimum atomic E-state index is -0.174. The lowest BCUT2D eigenvalue weighted by Crippen LogP contribution is -2.46. The van der Waals surface area contributed by atoms with Crippen LogP contribution >= 0.6 is 0 Å². The molecule has 0 N–H and O–H groups in total. The van der Waals surface area contributed by atoms with E-state index in [4.69, 9.17) is 4.74 Å². The molecule has 0 aliphatic heterocycles. The molecule has 0 fully saturated rings. The van der Waals surface area contributed by atoms with Crippen LogP contribution < -0.4 is 0 Å². The van der Waals surface area contributed by atoms with Crippen molar-refractivity contribution in [3.8, 4) is 0 Å². The number of esters is 1. The Morgan fingerprint density at radius 3 is 2.08 bits per heavy atom. The lowest BCUT2D eigenvalue weighted by molar-refractivity contribution is -0.152. The van der Waals surface area contributed by atoms with Gasteiger partial charge in [-0.15, -0.1) is 0 Å². The van der Waals surface area contributed by atoms with Crippen molar-refractivity contribution in [2.45, 2.75) is 33.7 Å². The third-order valence-corrected chi connectivity index (χ3v) is 1.85. The fraction of sp³-hybridized carbons (Fsp3) is 0.900. The Labute approximate surface area is 81.1 Å². The summed E-state index contributed by atoms with van der Waals surface area (Å²) in [5.74, 6) is -0.139. The van der Waals surface area contributed by atoms with Crippen molar-refractivity contribution in [1.82, 2.24) is 4.90 Å². The minimum Gasteiger partial charge on any atom is -0.465 e. The molecule has 0 aromatic rings. The average molecular weight is 187 g/mol. The molecule has 0 bridgehead atoms. The molecule has 0 spiro atoms. The SMILES string of the molecule is CCOC(=O)C(N(C)C)C(C)(C)C. The Morgan fingerprint density at radius 2 is 1.85 bits per heavy atom. The quantitative estimate of drug-likeness (QED) is 0.627. The smallest absolute Gasteiger partial charge is 0.323 e. The van der Waals surface area contributed by atoms with Crippen LogP contribution in [0.3, 0.4) is 0 Å². The minimum absolute atomic E-state index is 0.0875. The van der Waals surface area contributed by atoms with E-state index in [2.05, 4.69) is 0 Å². The predicted molar refractivity (Wildman–Crippen MR) is 53.6 cm³/mol. The van der Waals surface area contributed by atoms with Gasteiger partial charge in [0.2, 0.25) is 0 Å². The van der Waals surface area contributed by atoms with E-state index in [0.717, 1.165) is 0 Å². The summed E-state index contributed by atoms with van der Waals surface area (Å²) >= 11 is 0. The first kappa shape index (κ1) is 12.4. The van der Waals surface area contributed by atoms with E-state index < -0.39 is 0 Å². The van der Waals surface area contributed by atoms with Gasteiger partial charge in [-0.3, -0.25) is 9.69 Å². The zero-order chi connectivity index (χ0) is 10.6. The first-order valence-electron chi connectivity index (χ1n) is 4.63. The molecule has 1 atom stereocenters. The third kappa shape index (κ3) is 3.77. The summed E-state index contributed by atoms with van der Waals surface area (Å²) in [6.07, 6.45) is 0. The van der Waals surface area contributed by atoms with Crippen molar-refractivity contribution >= 4 is 5.97 Å². The molecule has 3 heteroatoms. The van der Waals surface area contributed by atoms with Gasteiger partial charge in [-0.2, -0.15) is 0 Å². The molecule has 0 aliphatic rings. The number of carbonyl (C=O) groups excluding carboxylic acids is 1. The number of likely N-dealkylation sites (N-methyl/N-ethyl adjacent to an activating group) is 1. The number of rotatable bonds is 3. The maximum atomic E-state index is 11.6. The van der Waals surface area contributed by atoms with Crippen molar-refractivity contribution < 1.29 is 9.53 Å². The fourth-order valence-electron chi connectivity index (χ4n) is 1.56. The van der Waals surface area contributed by atoms with Crippen LogP contribution in [0.4, 0.5) is 0 Å². The Morgan fingerprint density at radius 1 is 1.38 bits per heavy atom. The van der Waals surface area contributed by atoms with Crippen molar-refractivity contribution in [2.75, 3.05) is 20.7 Å². The summed E-state index contributed by atoms with van der Waals surface area (Å²) in [5, 5.41) is 0. The Hall–Kier alpha value is -0.570. The summed E-state index contributed by atoms with van der Waals surface area (Å²) in [6, 6.07) is -0.174. The van der Waals surface area contributed by atoms with Crippen molar-refractivity contribution in [1.29, 1.82) is 0 Å². The first-order valence-corrected chi connectivity index (χ1v) is 4.63. The highest BCUT2D eigenvalue weighted by Gasteiger charge is 2.34. The number of hydrogen-bond acceptors (Lipinski definition) is 3. The monoisotopic (exact) mass is 187 g/mol. The number of carbonyl (C=O) groups is 1. The van der Waals surface area contributed by atoms with Crippen LogP contribution in [-0.2, 0) is 9.53 Å². The summed E-state index contributed by atoms with van der Waals surface area (Å²) in [6.45, 7) is 8.38. The van der Waals surface area contributed by atoms with Crippen LogP contribution in [0.15, 0.2) is 0 Å². The lowest BCUT2D eigenvalue weighted by atomic mass is 9.86. The number of ether oxygens (including phenoxy) is 1. The summed E-state index contributed by atoms with van der Waals surface area (Å²) in [4.78, 5) is 13.5. The number of nitrogens with zero attached hydrogens (tertiary/aromatic N) is 1. The van der Waals surface area contributed by atoms with Crippen LogP contribution in [0, 0.1) is 5.41 Å². The second-order valence-corrected chi connectivity index (χ2v) is 4.48. The topological polar surface area (TPSA) is 29.5 Å². The van der Waals surface area contributed by atoms with E-state index in [-0.39, 0.29) is 17.4 Å². The third-order valence-electron chi connectivity index (χ3n) is 1.85. The van der Waals surface area contributed by atoms with Gasteiger partial charge in [-0.05, 0) is 26.4 Å². The normalized spacial score (nSPS) is 14.4. The molecule has 0 aromatic heterocycles. The second-order valence-electron chi connectivity index (χ2n) is 4.48. The van der Waals surface area contributed by atoms with Crippen molar-refractivity contribution in [3.05, 3.63) is 0 Å². The molecule has 0 aromatic carbocycles. The molecule has 3 nitrogen and oxygen atoms in total. The Balaban J connectivity index is 4.52. The highest BCUT2D eigenvalue weighted by Crippen LogP contribution is 2.23. The zero-order valence-corrected chi connectivity index (χ0v) is 9.55. The second kappa shape index (κ2) is 4.61.